The molecule has 20 heavy (non-hydrogen) atoms. The first-order valence-electron chi connectivity index (χ1n) is 5.99. The maximum atomic E-state index is 12.2. The molecule has 3 N–H and O–H groups in total. The first kappa shape index (κ1) is 15.0. The third-order valence-electron chi connectivity index (χ3n) is 2.83. The number of rotatable bonds is 4. The quantitative estimate of drug-likeness (QED) is 0.829. The minimum Gasteiger partial charge on any atom is -0.398 e. The second kappa shape index (κ2) is 5.95. The van der Waals surface area contributed by atoms with Crippen molar-refractivity contribution in [2.75, 3.05) is 5.73 Å². The Hall–Kier alpha value is -1.37. The molecule has 106 valence electrons. The topological polar surface area (TPSA) is 72.2 Å². The highest BCUT2D eigenvalue weighted by Crippen LogP contribution is 2.23. The zero-order valence-electron chi connectivity index (χ0n) is 10.9. The smallest absolute Gasteiger partial charge is 0.240 e. The summed E-state index contributed by atoms with van der Waals surface area (Å²) in [6, 6.07) is 12.2. The van der Waals surface area contributed by atoms with E-state index in [-0.39, 0.29) is 11.4 Å². The Morgan fingerprint density at radius 2 is 1.95 bits per heavy atom. The van der Waals surface area contributed by atoms with Gasteiger partial charge in [-0.05, 0) is 46.6 Å². The molecule has 0 saturated heterocycles. The van der Waals surface area contributed by atoms with E-state index in [0.717, 1.165) is 11.1 Å². The molecule has 0 aromatic heterocycles. The number of sulfonamides is 1. The number of halogens is 1. The number of nitrogens with one attached hydrogen (secondary N) is 1. The molecule has 0 amide bonds. The van der Waals surface area contributed by atoms with Gasteiger partial charge in [-0.15, -0.1) is 0 Å². The maximum absolute atomic E-state index is 12.2. The molecule has 4 nitrogen and oxygen atoms in total. The van der Waals surface area contributed by atoms with Crippen LogP contribution >= 0.6 is 15.9 Å². The highest BCUT2D eigenvalue weighted by Gasteiger charge is 2.14. The Labute approximate surface area is 127 Å². The van der Waals surface area contributed by atoms with Gasteiger partial charge in [0.25, 0.3) is 0 Å². The fourth-order valence-electron chi connectivity index (χ4n) is 1.76. The van der Waals surface area contributed by atoms with E-state index in [4.69, 9.17) is 5.73 Å². The fraction of sp³-hybridized carbons (Fsp3) is 0.143. The number of anilines is 1. The van der Waals surface area contributed by atoms with Crippen LogP contribution < -0.4 is 10.5 Å². The number of nitrogen functional groups attached to an aromatic ring is 1. The van der Waals surface area contributed by atoms with Gasteiger partial charge in [0, 0.05) is 16.7 Å². The Morgan fingerprint density at radius 3 is 2.60 bits per heavy atom. The molecule has 0 atom stereocenters. The second-order valence-electron chi connectivity index (χ2n) is 4.50. The highest BCUT2D eigenvalue weighted by molar-refractivity contribution is 9.10. The second-order valence-corrected chi connectivity index (χ2v) is 7.12. The third-order valence-corrected chi connectivity index (χ3v) is 4.92. The lowest BCUT2D eigenvalue weighted by atomic mass is 10.1. The average Bonchev–Trinajstić information content (AvgIpc) is 2.40. The number of benzene rings is 2. The molecule has 0 saturated carbocycles. The normalized spacial score (nSPS) is 11.5. The monoisotopic (exact) mass is 354 g/mol. The van der Waals surface area contributed by atoms with Crippen molar-refractivity contribution >= 4 is 31.6 Å². The van der Waals surface area contributed by atoms with Gasteiger partial charge in [-0.1, -0.05) is 29.8 Å². The minimum absolute atomic E-state index is 0.186. The molecule has 0 heterocycles. The number of hydrogen-bond donors (Lipinski definition) is 2. The van der Waals surface area contributed by atoms with Crippen LogP contribution in [-0.2, 0) is 16.6 Å². The number of aryl methyl sites for hydroxylation is 1. The summed E-state index contributed by atoms with van der Waals surface area (Å²) < 4.78 is 27.5. The molecule has 0 unspecified atom stereocenters. The summed E-state index contributed by atoms with van der Waals surface area (Å²) in [4.78, 5) is 0.186. The SMILES string of the molecule is Cc1cccc(CNS(=O)(=O)c2ccc(N)c(Br)c2)c1. The fourth-order valence-corrected chi connectivity index (χ4v) is 3.33. The molecule has 0 aliphatic rings. The van der Waals surface area contributed by atoms with Crippen LogP contribution in [0.5, 0.6) is 0 Å². The molecule has 6 heteroatoms. The lowest BCUT2D eigenvalue weighted by Gasteiger charge is -2.08. The van der Waals surface area contributed by atoms with Gasteiger partial charge < -0.3 is 5.73 Å². The van der Waals surface area contributed by atoms with E-state index < -0.39 is 10.0 Å². The van der Waals surface area contributed by atoms with Crippen molar-refractivity contribution < 1.29 is 8.42 Å². The standard InChI is InChI=1S/C14H15BrN2O2S/c1-10-3-2-4-11(7-10)9-17-20(18,19)12-5-6-14(16)13(15)8-12/h2-8,17H,9,16H2,1H3. The van der Waals surface area contributed by atoms with Gasteiger partial charge in [0.1, 0.15) is 0 Å². The molecular formula is C14H15BrN2O2S. The first-order valence-corrected chi connectivity index (χ1v) is 8.26. The summed E-state index contributed by atoms with van der Waals surface area (Å²) in [6.45, 7) is 2.22. The molecule has 0 fully saturated rings. The van der Waals surface area contributed by atoms with Crippen molar-refractivity contribution in [1.82, 2.24) is 4.72 Å². The van der Waals surface area contributed by atoms with Crippen molar-refractivity contribution in [3.63, 3.8) is 0 Å². The van der Waals surface area contributed by atoms with Gasteiger partial charge in [-0.2, -0.15) is 0 Å². The molecular weight excluding hydrogens is 340 g/mol. The Morgan fingerprint density at radius 1 is 1.20 bits per heavy atom. The predicted molar refractivity (Wildman–Crippen MR) is 83.8 cm³/mol. The van der Waals surface area contributed by atoms with Crippen molar-refractivity contribution in [2.24, 2.45) is 0 Å². The van der Waals surface area contributed by atoms with Gasteiger partial charge in [0.2, 0.25) is 10.0 Å². The van der Waals surface area contributed by atoms with E-state index in [0.29, 0.717) is 10.2 Å². The molecule has 2 aromatic rings. The Kier molecular flexibility index (Phi) is 4.47. The van der Waals surface area contributed by atoms with E-state index in [2.05, 4.69) is 20.7 Å². The van der Waals surface area contributed by atoms with Crippen LogP contribution in [0, 0.1) is 6.92 Å². The van der Waals surface area contributed by atoms with E-state index in [1.165, 1.54) is 12.1 Å². The average molecular weight is 355 g/mol. The van der Waals surface area contributed by atoms with Crippen LogP contribution in [0.2, 0.25) is 0 Å². The van der Waals surface area contributed by atoms with Gasteiger partial charge in [0.15, 0.2) is 0 Å². The first-order chi connectivity index (χ1) is 9.38. The summed E-state index contributed by atoms with van der Waals surface area (Å²) in [7, 11) is -3.55. The molecule has 0 spiro atoms. The van der Waals surface area contributed by atoms with E-state index in [9.17, 15) is 8.42 Å². The molecule has 2 aromatic carbocycles. The lowest BCUT2D eigenvalue weighted by molar-refractivity contribution is 0.581. The van der Waals surface area contributed by atoms with Crippen LogP contribution in [0.25, 0.3) is 0 Å². The zero-order valence-corrected chi connectivity index (χ0v) is 13.3. The van der Waals surface area contributed by atoms with Crippen LogP contribution in [0.1, 0.15) is 11.1 Å². The highest BCUT2D eigenvalue weighted by atomic mass is 79.9. The van der Waals surface area contributed by atoms with Gasteiger partial charge in [-0.3, -0.25) is 0 Å². The summed E-state index contributed by atoms with van der Waals surface area (Å²) >= 11 is 3.23. The third kappa shape index (κ3) is 3.59. The number of hydrogen-bond acceptors (Lipinski definition) is 3. The van der Waals surface area contributed by atoms with Gasteiger partial charge >= 0.3 is 0 Å². The largest absolute Gasteiger partial charge is 0.398 e. The van der Waals surface area contributed by atoms with Crippen LogP contribution in [-0.4, -0.2) is 8.42 Å². The molecule has 0 radical (unpaired) electrons. The van der Waals surface area contributed by atoms with Crippen LogP contribution in [0.4, 0.5) is 5.69 Å². The van der Waals surface area contributed by atoms with Crippen molar-refractivity contribution in [1.29, 1.82) is 0 Å². The van der Waals surface area contributed by atoms with Crippen LogP contribution in [0.3, 0.4) is 0 Å². The summed E-state index contributed by atoms with van der Waals surface area (Å²) in [5.41, 5.74) is 8.17. The van der Waals surface area contributed by atoms with Gasteiger partial charge in [-0.25, -0.2) is 13.1 Å². The summed E-state index contributed by atoms with van der Waals surface area (Å²) in [5, 5.41) is 0. The molecule has 0 bridgehead atoms. The summed E-state index contributed by atoms with van der Waals surface area (Å²) in [6.07, 6.45) is 0. The molecule has 0 aliphatic heterocycles. The van der Waals surface area contributed by atoms with Crippen LogP contribution in [0.15, 0.2) is 51.8 Å². The minimum atomic E-state index is -3.55. The Balaban J connectivity index is 2.17. The zero-order chi connectivity index (χ0) is 14.8. The van der Waals surface area contributed by atoms with E-state index in [1.807, 2.05) is 31.2 Å². The Bertz CT molecular complexity index is 730. The van der Waals surface area contributed by atoms with E-state index >= 15 is 0 Å². The van der Waals surface area contributed by atoms with Crippen molar-refractivity contribution in [3.05, 3.63) is 58.1 Å². The van der Waals surface area contributed by atoms with Crippen molar-refractivity contribution in [2.45, 2.75) is 18.4 Å². The number of nitrogens with two attached hydrogens (primary N) is 1. The predicted octanol–water partition coefficient (Wildman–Crippen LogP) is 2.82. The molecule has 2 rings (SSSR count). The summed E-state index contributed by atoms with van der Waals surface area (Å²) in [5.74, 6) is 0. The lowest BCUT2D eigenvalue weighted by Crippen LogP contribution is -2.23. The maximum Gasteiger partial charge on any atom is 0.240 e. The van der Waals surface area contributed by atoms with Crippen molar-refractivity contribution in [3.8, 4) is 0 Å². The molecule has 0 aliphatic carbocycles. The van der Waals surface area contributed by atoms with Gasteiger partial charge in [0.05, 0.1) is 4.90 Å². The van der Waals surface area contributed by atoms with E-state index in [1.54, 1.807) is 6.07 Å².